The molecule has 136 valence electrons. The monoisotopic (exact) mass is 436 g/mol. The highest BCUT2D eigenvalue weighted by Gasteiger charge is 2.36. The molecule has 3 heterocycles. The molecule has 0 N–H and O–H groups in total. The van der Waals surface area contributed by atoms with E-state index in [9.17, 15) is 13.2 Å². The number of hydrogen-bond donors (Lipinski definition) is 0. The lowest BCUT2D eigenvalue weighted by Crippen LogP contribution is -2.09. The van der Waals surface area contributed by atoms with Crippen molar-refractivity contribution in [2.24, 2.45) is 0 Å². The van der Waals surface area contributed by atoms with E-state index in [1.807, 2.05) is 0 Å². The Kier molecular flexibility index (Phi) is 4.04. The Bertz CT molecular complexity index is 1180. The summed E-state index contributed by atoms with van der Waals surface area (Å²) >= 11 is 3.17. The zero-order chi connectivity index (χ0) is 19.2. The second kappa shape index (κ2) is 6.28. The van der Waals surface area contributed by atoms with Crippen molar-refractivity contribution in [3.05, 3.63) is 58.2 Å². The van der Waals surface area contributed by atoms with Gasteiger partial charge in [0.05, 0.1) is 17.2 Å². The first-order valence-electron chi connectivity index (χ1n) is 7.54. The van der Waals surface area contributed by atoms with Gasteiger partial charge in [-0.15, -0.1) is 10.2 Å². The Morgan fingerprint density at radius 2 is 1.93 bits per heavy atom. The zero-order valence-corrected chi connectivity index (χ0v) is 14.9. The molecule has 0 amide bonds. The van der Waals surface area contributed by atoms with Crippen LogP contribution in [0.4, 0.5) is 13.2 Å². The fourth-order valence-electron chi connectivity index (χ4n) is 2.80. The van der Waals surface area contributed by atoms with Crippen LogP contribution in [0.2, 0.25) is 0 Å². The molecule has 0 saturated carbocycles. The molecule has 0 fully saturated rings. The van der Waals surface area contributed by atoms with Crippen LogP contribution in [0.25, 0.3) is 22.6 Å². The van der Waals surface area contributed by atoms with Crippen molar-refractivity contribution in [1.82, 2.24) is 14.8 Å². The van der Waals surface area contributed by atoms with Gasteiger partial charge in [0.25, 0.3) is 5.89 Å². The van der Waals surface area contributed by atoms with Crippen molar-refractivity contribution in [1.29, 1.82) is 5.26 Å². The highest BCUT2D eigenvalue weighted by molar-refractivity contribution is 9.10. The Balaban J connectivity index is 1.72. The lowest BCUT2D eigenvalue weighted by Gasteiger charge is -2.11. The number of rotatable bonds is 3. The summed E-state index contributed by atoms with van der Waals surface area (Å²) in [5.41, 5.74) is -1.06. The lowest BCUT2D eigenvalue weighted by atomic mass is 10.0. The fourth-order valence-corrected chi connectivity index (χ4v) is 3.11. The van der Waals surface area contributed by atoms with Gasteiger partial charge in [-0.3, -0.25) is 0 Å². The fraction of sp³-hybridized carbons (Fsp3) is 0.118. The van der Waals surface area contributed by atoms with Crippen LogP contribution in [-0.4, -0.2) is 14.8 Å². The van der Waals surface area contributed by atoms with Crippen LogP contribution >= 0.6 is 15.9 Å². The van der Waals surface area contributed by atoms with Gasteiger partial charge in [0.1, 0.15) is 6.54 Å². The number of furan rings is 1. The number of alkyl halides is 3. The molecule has 0 aliphatic carbocycles. The Hall–Kier alpha value is -3.06. The summed E-state index contributed by atoms with van der Waals surface area (Å²) < 4.78 is 53.0. The van der Waals surface area contributed by atoms with Crippen LogP contribution in [-0.2, 0) is 12.7 Å². The van der Waals surface area contributed by atoms with E-state index in [1.165, 1.54) is 18.3 Å². The second-order valence-corrected chi connectivity index (χ2v) is 6.36. The third-order valence-corrected chi connectivity index (χ3v) is 4.34. The van der Waals surface area contributed by atoms with Crippen LogP contribution < -0.4 is 0 Å². The maximum Gasteiger partial charge on any atom is 0.418 e. The van der Waals surface area contributed by atoms with E-state index in [-0.39, 0.29) is 23.7 Å². The predicted octanol–water partition coefficient (Wildman–Crippen LogP) is 4.99. The summed E-state index contributed by atoms with van der Waals surface area (Å²) in [7, 11) is 0. The molecule has 4 aromatic rings. The molecule has 4 rings (SSSR count). The Labute approximate surface area is 157 Å². The molecule has 0 radical (unpaired) electrons. The van der Waals surface area contributed by atoms with Crippen molar-refractivity contribution in [2.75, 3.05) is 0 Å². The van der Waals surface area contributed by atoms with E-state index in [2.05, 4.69) is 26.1 Å². The van der Waals surface area contributed by atoms with Crippen LogP contribution in [0.5, 0.6) is 0 Å². The van der Waals surface area contributed by atoms with Gasteiger partial charge in [0.15, 0.2) is 10.4 Å². The smallest absolute Gasteiger partial charge is 0.418 e. The molecule has 27 heavy (non-hydrogen) atoms. The number of aromatic nitrogens is 3. The molecule has 0 spiro atoms. The van der Waals surface area contributed by atoms with E-state index in [0.29, 0.717) is 15.9 Å². The van der Waals surface area contributed by atoms with Crippen molar-refractivity contribution in [2.45, 2.75) is 12.7 Å². The lowest BCUT2D eigenvalue weighted by molar-refractivity contribution is -0.136. The van der Waals surface area contributed by atoms with Gasteiger partial charge in [-0.1, -0.05) is 0 Å². The molecule has 3 aromatic heterocycles. The molecule has 0 saturated heterocycles. The molecular weight excluding hydrogens is 429 g/mol. The molecule has 6 nitrogen and oxygen atoms in total. The molecule has 0 bridgehead atoms. The van der Waals surface area contributed by atoms with Crippen LogP contribution in [0.1, 0.15) is 17.0 Å². The van der Waals surface area contributed by atoms with Gasteiger partial charge in [-0.25, -0.2) is 0 Å². The number of benzene rings is 1. The summed E-state index contributed by atoms with van der Waals surface area (Å²) in [5.74, 6) is 0.735. The standard InChI is InChI=1S/C17H8BrF3N4O2/c18-13-4-3-12(26-13)16-24-23-14(27-16)8-25-6-5-10-11(25)2-1-9(7-22)15(10)17(19,20)21/h1-6H,8H2. The van der Waals surface area contributed by atoms with Gasteiger partial charge in [-0.05, 0) is 46.3 Å². The summed E-state index contributed by atoms with van der Waals surface area (Å²) in [6.07, 6.45) is -3.16. The molecule has 0 unspecified atom stereocenters. The first kappa shape index (κ1) is 17.4. The van der Waals surface area contributed by atoms with Gasteiger partial charge in [-0.2, -0.15) is 18.4 Å². The molecule has 0 atom stereocenters. The second-order valence-electron chi connectivity index (χ2n) is 5.58. The zero-order valence-electron chi connectivity index (χ0n) is 13.3. The van der Waals surface area contributed by atoms with Gasteiger partial charge in [0.2, 0.25) is 5.89 Å². The number of hydrogen-bond acceptors (Lipinski definition) is 5. The van der Waals surface area contributed by atoms with Gasteiger partial charge in [0, 0.05) is 17.1 Å². The van der Waals surface area contributed by atoms with Crippen LogP contribution in [0.15, 0.2) is 50.0 Å². The molecule has 10 heteroatoms. The average molecular weight is 437 g/mol. The Morgan fingerprint density at radius 1 is 1.11 bits per heavy atom. The molecule has 0 aliphatic rings. The minimum atomic E-state index is -4.64. The summed E-state index contributed by atoms with van der Waals surface area (Å²) in [5, 5.41) is 16.7. The molecular formula is C17H8BrF3N4O2. The normalized spacial score (nSPS) is 11.8. The molecule has 0 aliphatic heterocycles. The summed E-state index contributed by atoms with van der Waals surface area (Å²) in [4.78, 5) is 0. The van der Waals surface area contributed by atoms with Crippen molar-refractivity contribution in [3.8, 4) is 17.7 Å². The third-order valence-electron chi connectivity index (χ3n) is 3.91. The number of nitriles is 1. The highest BCUT2D eigenvalue weighted by atomic mass is 79.9. The highest BCUT2D eigenvalue weighted by Crippen LogP contribution is 2.37. The van der Waals surface area contributed by atoms with Crippen LogP contribution in [0, 0.1) is 11.3 Å². The summed E-state index contributed by atoms with van der Waals surface area (Å²) in [6.45, 7) is 0.0710. The van der Waals surface area contributed by atoms with E-state index >= 15 is 0 Å². The van der Waals surface area contributed by atoms with E-state index < -0.39 is 17.3 Å². The predicted molar refractivity (Wildman–Crippen MR) is 90.5 cm³/mol. The third kappa shape index (κ3) is 3.10. The first-order chi connectivity index (χ1) is 12.9. The number of fused-ring (bicyclic) bond motifs is 1. The quantitative estimate of drug-likeness (QED) is 0.452. The van der Waals surface area contributed by atoms with E-state index in [4.69, 9.17) is 14.1 Å². The van der Waals surface area contributed by atoms with E-state index in [0.717, 1.165) is 6.07 Å². The van der Waals surface area contributed by atoms with Crippen molar-refractivity contribution >= 4 is 26.8 Å². The Morgan fingerprint density at radius 3 is 2.59 bits per heavy atom. The molecule has 1 aromatic carbocycles. The maximum absolute atomic E-state index is 13.4. The SMILES string of the molecule is N#Cc1ccc2c(ccn2Cc2nnc(-c3ccc(Br)o3)o2)c1C(F)(F)F. The maximum atomic E-state index is 13.4. The van der Waals surface area contributed by atoms with Gasteiger partial charge >= 0.3 is 6.18 Å². The summed E-state index contributed by atoms with van der Waals surface area (Å²) in [6, 6.07) is 8.84. The van der Waals surface area contributed by atoms with Crippen LogP contribution in [0.3, 0.4) is 0 Å². The largest absolute Gasteiger partial charge is 0.444 e. The van der Waals surface area contributed by atoms with Crippen molar-refractivity contribution < 1.29 is 22.0 Å². The topological polar surface area (TPSA) is 80.8 Å². The minimum absolute atomic E-state index is 0.0590. The minimum Gasteiger partial charge on any atom is -0.444 e. The van der Waals surface area contributed by atoms with E-state index in [1.54, 1.807) is 22.8 Å². The van der Waals surface area contributed by atoms with Gasteiger partial charge < -0.3 is 13.4 Å². The first-order valence-corrected chi connectivity index (χ1v) is 8.33. The number of halogens is 4. The number of nitrogens with zero attached hydrogens (tertiary/aromatic N) is 4. The average Bonchev–Trinajstić information content (AvgIpc) is 3.33. The van der Waals surface area contributed by atoms with Crippen molar-refractivity contribution in [3.63, 3.8) is 0 Å².